The number of amides is 1. The lowest BCUT2D eigenvalue weighted by Gasteiger charge is -2.32. The van der Waals surface area contributed by atoms with Gasteiger partial charge in [0.25, 0.3) is 0 Å². The van der Waals surface area contributed by atoms with Crippen molar-refractivity contribution in [2.24, 2.45) is 5.73 Å². The highest BCUT2D eigenvalue weighted by Crippen LogP contribution is 2.14. The first-order valence-electron chi connectivity index (χ1n) is 8.53. The lowest BCUT2D eigenvalue weighted by molar-refractivity contribution is -0.131. The lowest BCUT2D eigenvalue weighted by Crippen LogP contribution is -2.38. The van der Waals surface area contributed by atoms with E-state index in [4.69, 9.17) is 10.5 Å². The number of carbonyl (C=O) groups is 1. The molecule has 124 valence electrons. The minimum absolute atomic E-state index is 0.292. The number of hydrogen-bond donors (Lipinski definition) is 1. The maximum Gasteiger partial charge on any atom is 0.222 e. The van der Waals surface area contributed by atoms with Crippen molar-refractivity contribution >= 4 is 5.91 Å². The molecule has 1 saturated heterocycles. The van der Waals surface area contributed by atoms with Gasteiger partial charge in [-0.05, 0) is 52.6 Å². The Labute approximate surface area is 129 Å². The van der Waals surface area contributed by atoms with Crippen LogP contribution in [0, 0.1) is 0 Å². The minimum Gasteiger partial charge on any atom is -0.378 e. The van der Waals surface area contributed by atoms with Crippen LogP contribution in [0.1, 0.15) is 46.0 Å². The molecule has 0 radical (unpaired) electrons. The van der Waals surface area contributed by atoms with Gasteiger partial charge in [0.15, 0.2) is 0 Å². The summed E-state index contributed by atoms with van der Waals surface area (Å²) in [5.74, 6) is 0.292. The average Bonchev–Trinajstić information content (AvgIpc) is 2.50. The molecule has 0 spiro atoms. The van der Waals surface area contributed by atoms with Gasteiger partial charge in [-0.3, -0.25) is 4.79 Å². The first-order valence-corrected chi connectivity index (χ1v) is 8.53. The van der Waals surface area contributed by atoms with Gasteiger partial charge < -0.3 is 20.3 Å². The van der Waals surface area contributed by atoms with E-state index in [2.05, 4.69) is 4.90 Å². The lowest BCUT2D eigenvalue weighted by atomic mass is 10.1. The molecule has 0 aromatic carbocycles. The fourth-order valence-electron chi connectivity index (χ4n) is 2.82. The molecule has 1 aliphatic heterocycles. The molecule has 21 heavy (non-hydrogen) atoms. The fraction of sp³-hybridized carbons (Fsp3) is 0.938. The summed E-state index contributed by atoms with van der Waals surface area (Å²) in [6, 6.07) is 0. The highest BCUT2D eigenvalue weighted by atomic mass is 16.5. The molecule has 0 unspecified atom stereocenters. The number of rotatable bonds is 10. The number of nitrogens with two attached hydrogens (primary N) is 1. The molecule has 5 heteroatoms. The van der Waals surface area contributed by atoms with Gasteiger partial charge in [-0.25, -0.2) is 0 Å². The molecule has 1 aliphatic rings. The van der Waals surface area contributed by atoms with E-state index in [1.54, 1.807) is 0 Å². The van der Waals surface area contributed by atoms with E-state index >= 15 is 0 Å². The van der Waals surface area contributed by atoms with E-state index < -0.39 is 0 Å². The van der Waals surface area contributed by atoms with Crippen molar-refractivity contribution in [3.05, 3.63) is 0 Å². The van der Waals surface area contributed by atoms with Gasteiger partial charge in [0, 0.05) is 39.2 Å². The molecular weight excluding hydrogens is 266 g/mol. The molecule has 0 atom stereocenters. The molecular formula is C16H33N3O2. The molecule has 1 fully saturated rings. The van der Waals surface area contributed by atoms with E-state index in [9.17, 15) is 4.79 Å². The zero-order chi connectivity index (χ0) is 15.5. The van der Waals surface area contributed by atoms with Crippen molar-refractivity contribution in [1.29, 1.82) is 0 Å². The number of carbonyl (C=O) groups excluding carboxylic acids is 1. The van der Waals surface area contributed by atoms with Crippen LogP contribution in [0.2, 0.25) is 0 Å². The largest absolute Gasteiger partial charge is 0.378 e. The molecule has 2 N–H and O–H groups in total. The van der Waals surface area contributed by atoms with Crippen molar-refractivity contribution in [3.8, 4) is 0 Å². The summed E-state index contributed by atoms with van der Waals surface area (Å²) in [6.45, 7) is 10.4. The van der Waals surface area contributed by atoms with E-state index in [-0.39, 0.29) is 0 Å². The van der Waals surface area contributed by atoms with E-state index in [1.165, 1.54) is 0 Å². The SMILES string of the molecule is CCN(CC)C(=O)CCCN1CCC(OCCCN)CC1. The van der Waals surface area contributed by atoms with Crippen LogP contribution in [-0.4, -0.2) is 67.7 Å². The van der Waals surface area contributed by atoms with E-state index in [0.29, 0.717) is 25.0 Å². The van der Waals surface area contributed by atoms with Gasteiger partial charge in [0.05, 0.1) is 6.10 Å². The number of hydrogen-bond acceptors (Lipinski definition) is 4. The van der Waals surface area contributed by atoms with Crippen LogP contribution in [-0.2, 0) is 9.53 Å². The molecule has 1 amide bonds. The van der Waals surface area contributed by atoms with Crippen LogP contribution in [0.4, 0.5) is 0 Å². The summed E-state index contributed by atoms with van der Waals surface area (Å²) in [4.78, 5) is 16.3. The first kappa shape index (κ1) is 18.4. The number of likely N-dealkylation sites (tertiary alicyclic amines) is 1. The summed E-state index contributed by atoms with van der Waals surface area (Å²) >= 11 is 0. The molecule has 0 aliphatic carbocycles. The highest BCUT2D eigenvalue weighted by Gasteiger charge is 2.19. The molecule has 5 nitrogen and oxygen atoms in total. The third kappa shape index (κ3) is 7.25. The highest BCUT2D eigenvalue weighted by molar-refractivity contribution is 5.76. The van der Waals surface area contributed by atoms with Gasteiger partial charge in [-0.1, -0.05) is 0 Å². The second kappa shape index (κ2) is 11.0. The van der Waals surface area contributed by atoms with Crippen molar-refractivity contribution in [1.82, 2.24) is 9.80 Å². The Morgan fingerprint density at radius 2 is 1.90 bits per heavy atom. The summed E-state index contributed by atoms with van der Waals surface area (Å²) in [6.07, 6.45) is 5.21. The predicted molar refractivity (Wildman–Crippen MR) is 86.2 cm³/mol. The first-order chi connectivity index (χ1) is 10.2. The third-order valence-corrected chi connectivity index (χ3v) is 4.22. The van der Waals surface area contributed by atoms with Gasteiger partial charge in [0.1, 0.15) is 0 Å². The molecule has 1 heterocycles. The third-order valence-electron chi connectivity index (χ3n) is 4.22. The molecule has 0 saturated carbocycles. The van der Waals surface area contributed by atoms with Crippen molar-refractivity contribution in [3.63, 3.8) is 0 Å². The number of piperidine rings is 1. The van der Waals surface area contributed by atoms with Crippen LogP contribution in [0.25, 0.3) is 0 Å². The second-order valence-electron chi connectivity index (χ2n) is 5.72. The normalized spacial score (nSPS) is 17.1. The predicted octanol–water partition coefficient (Wildman–Crippen LogP) is 1.46. The standard InChI is InChI=1S/C16H33N3O2/c1-3-19(4-2)16(20)7-5-11-18-12-8-15(9-13-18)21-14-6-10-17/h15H,3-14,17H2,1-2H3. The number of ether oxygens (including phenoxy) is 1. The van der Waals surface area contributed by atoms with Crippen molar-refractivity contribution in [2.75, 3.05) is 45.9 Å². The molecule has 1 rings (SSSR count). The summed E-state index contributed by atoms with van der Waals surface area (Å²) in [7, 11) is 0. The van der Waals surface area contributed by atoms with Gasteiger partial charge in [-0.15, -0.1) is 0 Å². The average molecular weight is 299 g/mol. The Hall–Kier alpha value is -0.650. The van der Waals surface area contributed by atoms with Crippen molar-refractivity contribution < 1.29 is 9.53 Å². The van der Waals surface area contributed by atoms with Gasteiger partial charge >= 0.3 is 0 Å². The van der Waals surface area contributed by atoms with Crippen LogP contribution < -0.4 is 5.73 Å². The Morgan fingerprint density at radius 1 is 1.24 bits per heavy atom. The van der Waals surface area contributed by atoms with Crippen molar-refractivity contribution in [2.45, 2.75) is 52.1 Å². The van der Waals surface area contributed by atoms with Crippen LogP contribution in [0.5, 0.6) is 0 Å². The smallest absolute Gasteiger partial charge is 0.222 e. The number of nitrogens with zero attached hydrogens (tertiary/aromatic N) is 2. The Bertz CT molecular complexity index is 275. The monoisotopic (exact) mass is 299 g/mol. The Kier molecular flexibility index (Phi) is 9.63. The second-order valence-corrected chi connectivity index (χ2v) is 5.72. The Morgan fingerprint density at radius 3 is 2.48 bits per heavy atom. The summed E-state index contributed by atoms with van der Waals surface area (Å²) in [5, 5.41) is 0. The zero-order valence-electron chi connectivity index (χ0n) is 13.9. The zero-order valence-corrected chi connectivity index (χ0v) is 13.9. The Balaban J connectivity index is 2.09. The maximum atomic E-state index is 11.9. The van der Waals surface area contributed by atoms with E-state index in [0.717, 1.165) is 65.0 Å². The quantitative estimate of drug-likeness (QED) is 0.621. The summed E-state index contributed by atoms with van der Waals surface area (Å²) in [5.41, 5.74) is 5.47. The van der Waals surface area contributed by atoms with Crippen LogP contribution in [0.3, 0.4) is 0 Å². The molecule has 0 bridgehead atoms. The van der Waals surface area contributed by atoms with E-state index in [1.807, 2.05) is 18.7 Å². The topological polar surface area (TPSA) is 58.8 Å². The summed E-state index contributed by atoms with van der Waals surface area (Å²) < 4.78 is 5.81. The molecule has 0 aromatic heterocycles. The maximum absolute atomic E-state index is 11.9. The van der Waals surface area contributed by atoms with Gasteiger partial charge in [0.2, 0.25) is 5.91 Å². The molecule has 0 aromatic rings. The van der Waals surface area contributed by atoms with Crippen LogP contribution >= 0.6 is 0 Å². The fourth-order valence-corrected chi connectivity index (χ4v) is 2.82. The minimum atomic E-state index is 0.292. The van der Waals surface area contributed by atoms with Gasteiger partial charge in [-0.2, -0.15) is 0 Å². The van der Waals surface area contributed by atoms with Crippen LogP contribution in [0.15, 0.2) is 0 Å².